The molecule has 0 unspecified atom stereocenters. The second-order valence-electron chi connectivity index (χ2n) is 4.20. The number of benzene rings is 1. The number of sulfonamides is 1. The second-order valence-corrected chi connectivity index (χ2v) is 6.25. The number of nitrogens with zero attached hydrogens (tertiary/aromatic N) is 1. The van der Waals surface area contributed by atoms with E-state index < -0.39 is 10.0 Å². The molecule has 0 amide bonds. The van der Waals surface area contributed by atoms with Gasteiger partial charge < -0.3 is 0 Å². The van der Waals surface area contributed by atoms with Crippen LogP contribution in [0.3, 0.4) is 0 Å². The summed E-state index contributed by atoms with van der Waals surface area (Å²) in [5.41, 5.74) is 0. The van der Waals surface area contributed by atoms with Crippen LogP contribution < -0.4 is 0 Å². The first-order valence-corrected chi connectivity index (χ1v) is 7.54. The lowest BCUT2D eigenvalue weighted by atomic mass is 10.2. The van der Waals surface area contributed by atoms with Gasteiger partial charge in [-0.2, -0.15) is 0 Å². The Morgan fingerprint density at radius 1 is 1.06 bits per heavy atom. The maximum Gasteiger partial charge on any atom is 0.242 e. The normalized spacial score (nSPS) is 11.9. The number of hydrogen-bond acceptors (Lipinski definition) is 2. The molecule has 0 atom stereocenters. The van der Waals surface area contributed by atoms with Gasteiger partial charge in [-0.1, -0.05) is 44.4 Å². The lowest BCUT2D eigenvalue weighted by Crippen LogP contribution is -2.27. The molecule has 0 radical (unpaired) electrons. The average Bonchev–Trinajstić information content (AvgIpc) is 2.35. The highest BCUT2D eigenvalue weighted by molar-refractivity contribution is 7.89. The van der Waals surface area contributed by atoms with Crippen molar-refractivity contribution in [2.45, 2.75) is 37.5 Å². The molecule has 0 bridgehead atoms. The van der Waals surface area contributed by atoms with Crippen LogP contribution in [0.4, 0.5) is 0 Å². The molecule has 4 heteroatoms. The van der Waals surface area contributed by atoms with Gasteiger partial charge in [0.2, 0.25) is 10.0 Å². The molecule has 1 aromatic carbocycles. The third kappa shape index (κ3) is 4.13. The summed E-state index contributed by atoms with van der Waals surface area (Å²) in [4.78, 5) is 0.373. The monoisotopic (exact) mass is 255 g/mol. The lowest BCUT2D eigenvalue weighted by Gasteiger charge is -2.16. The molecule has 0 N–H and O–H groups in total. The van der Waals surface area contributed by atoms with Crippen LogP contribution in [0.1, 0.15) is 32.6 Å². The Balaban J connectivity index is 2.59. The Morgan fingerprint density at radius 2 is 1.71 bits per heavy atom. The molecule has 0 saturated carbocycles. The summed E-state index contributed by atoms with van der Waals surface area (Å²) in [6.07, 6.45) is 4.34. The van der Waals surface area contributed by atoms with Gasteiger partial charge in [-0.05, 0) is 18.6 Å². The van der Waals surface area contributed by atoms with Crippen molar-refractivity contribution in [1.82, 2.24) is 4.31 Å². The minimum Gasteiger partial charge on any atom is -0.207 e. The third-order valence-corrected chi connectivity index (χ3v) is 4.65. The van der Waals surface area contributed by atoms with Crippen LogP contribution in [-0.4, -0.2) is 26.3 Å². The number of hydrogen-bond donors (Lipinski definition) is 0. The van der Waals surface area contributed by atoms with Gasteiger partial charge >= 0.3 is 0 Å². The smallest absolute Gasteiger partial charge is 0.207 e. The summed E-state index contributed by atoms with van der Waals surface area (Å²) in [6, 6.07) is 8.59. The van der Waals surface area contributed by atoms with Gasteiger partial charge in [0.15, 0.2) is 0 Å². The van der Waals surface area contributed by atoms with Gasteiger partial charge in [-0.3, -0.25) is 0 Å². The van der Waals surface area contributed by atoms with Crippen molar-refractivity contribution in [3.8, 4) is 0 Å². The predicted molar refractivity (Wildman–Crippen MR) is 70.4 cm³/mol. The summed E-state index contributed by atoms with van der Waals surface area (Å²) in [5.74, 6) is 0. The van der Waals surface area contributed by atoms with Crippen molar-refractivity contribution in [2.24, 2.45) is 0 Å². The fourth-order valence-corrected chi connectivity index (χ4v) is 2.88. The minimum atomic E-state index is -3.29. The fraction of sp³-hybridized carbons (Fsp3) is 0.538. The van der Waals surface area contributed by atoms with Crippen molar-refractivity contribution >= 4 is 10.0 Å². The molecule has 96 valence electrons. The molecule has 0 aliphatic carbocycles. The van der Waals surface area contributed by atoms with Crippen LogP contribution in [0, 0.1) is 0 Å². The predicted octanol–water partition coefficient (Wildman–Crippen LogP) is 2.89. The van der Waals surface area contributed by atoms with E-state index in [0.717, 1.165) is 19.3 Å². The molecule has 1 aromatic rings. The highest BCUT2D eigenvalue weighted by Gasteiger charge is 2.19. The zero-order valence-electron chi connectivity index (χ0n) is 10.6. The minimum absolute atomic E-state index is 0.373. The van der Waals surface area contributed by atoms with Crippen molar-refractivity contribution in [1.29, 1.82) is 0 Å². The molecule has 0 fully saturated rings. The molecular formula is C13H21NO2S. The molecule has 3 nitrogen and oxygen atoms in total. The van der Waals surface area contributed by atoms with E-state index in [9.17, 15) is 8.42 Å². The first kappa shape index (κ1) is 14.2. The largest absolute Gasteiger partial charge is 0.242 e. The van der Waals surface area contributed by atoms with E-state index in [-0.39, 0.29) is 0 Å². The van der Waals surface area contributed by atoms with Crippen LogP contribution in [0.15, 0.2) is 35.2 Å². The van der Waals surface area contributed by atoms with Crippen LogP contribution in [0.5, 0.6) is 0 Å². The van der Waals surface area contributed by atoms with E-state index in [2.05, 4.69) is 6.92 Å². The first-order chi connectivity index (χ1) is 8.09. The van der Waals surface area contributed by atoms with E-state index in [1.54, 1.807) is 31.3 Å². The molecule has 1 rings (SSSR count). The van der Waals surface area contributed by atoms with Gasteiger partial charge in [0.25, 0.3) is 0 Å². The zero-order valence-corrected chi connectivity index (χ0v) is 11.4. The van der Waals surface area contributed by atoms with Crippen molar-refractivity contribution < 1.29 is 8.42 Å². The van der Waals surface area contributed by atoms with Crippen LogP contribution in [-0.2, 0) is 10.0 Å². The van der Waals surface area contributed by atoms with Crippen molar-refractivity contribution in [3.05, 3.63) is 30.3 Å². The lowest BCUT2D eigenvalue weighted by molar-refractivity contribution is 0.451. The molecule has 17 heavy (non-hydrogen) atoms. The van der Waals surface area contributed by atoms with Gasteiger partial charge in [0, 0.05) is 13.6 Å². The Labute approximate surface area is 105 Å². The van der Waals surface area contributed by atoms with E-state index in [4.69, 9.17) is 0 Å². The van der Waals surface area contributed by atoms with E-state index >= 15 is 0 Å². The third-order valence-electron chi connectivity index (χ3n) is 2.78. The standard InChI is InChI=1S/C13H21NO2S/c1-3-4-5-9-12-14(2)17(15,16)13-10-7-6-8-11-13/h6-8,10-11H,3-5,9,12H2,1-2H3. The highest BCUT2D eigenvalue weighted by atomic mass is 32.2. The summed E-state index contributed by atoms with van der Waals surface area (Å²) >= 11 is 0. The summed E-state index contributed by atoms with van der Waals surface area (Å²) in [5, 5.41) is 0. The van der Waals surface area contributed by atoms with Crippen LogP contribution in [0.2, 0.25) is 0 Å². The molecule has 0 aliphatic heterocycles. The average molecular weight is 255 g/mol. The molecule has 0 spiro atoms. The Bertz CT molecular complexity index is 414. The fourth-order valence-electron chi connectivity index (χ4n) is 1.65. The highest BCUT2D eigenvalue weighted by Crippen LogP contribution is 2.14. The molecule has 0 aromatic heterocycles. The van der Waals surface area contributed by atoms with Gasteiger partial charge in [0.1, 0.15) is 0 Å². The van der Waals surface area contributed by atoms with E-state index in [0.29, 0.717) is 11.4 Å². The molecular weight excluding hydrogens is 234 g/mol. The molecule has 0 saturated heterocycles. The quantitative estimate of drug-likeness (QED) is 0.703. The van der Waals surface area contributed by atoms with Crippen molar-refractivity contribution in [3.63, 3.8) is 0 Å². The maximum absolute atomic E-state index is 12.1. The van der Waals surface area contributed by atoms with Crippen LogP contribution >= 0.6 is 0 Å². The maximum atomic E-state index is 12.1. The van der Waals surface area contributed by atoms with E-state index in [1.165, 1.54) is 10.7 Å². The van der Waals surface area contributed by atoms with Gasteiger partial charge in [-0.25, -0.2) is 12.7 Å². The van der Waals surface area contributed by atoms with Crippen molar-refractivity contribution in [2.75, 3.05) is 13.6 Å². The Morgan fingerprint density at radius 3 is 2.29 bits per heavy atom. The zero-order chi connectivity index (χ0) is 12.7. The van der Waals surface area contributed by atoms with E-state index in [1.807, 2.05) is 6.07 Å². The molecule has 0 heterocycles. The topological polar surface area (TPSA) is 37.4 Å². The summed E-state index contributed by atoms with van der Waals surface area (Å²) in [7, 11) is -1.65. The first-order valence-electron chi connectivity index (χ1n) is 6.10. The molecule has 0 aliphatic rings. The SMILES string of the molecule is CCCCCCN(C)S(=O)(=O)c1ccccc1. The Hall–Kier alpha value is -0.870. The van der Waals surface area contributed by atoms with Gasteiger partial charge in [0.05, 0.1) is 4.90 Å². The number of unbranched alkanes of at least 4 members (excludes halogenated alkanes) is 3. The van der Waals surface area contributed by atoms with Gasteiger partial charge in [-0.15, -0.1) is 0 Å². The summed E-state index contributed by atoms with van der Waals surface area (Å²) in [6.45, 7) is 2.74. The second kappa shape index (κ2) is 6.77. The van der Waals surface area contributed by atoms with Crippen LogP contribution in [0.25, 0.3) is 0 Å². The number of rotatable bonds is 7. The summed E-state index contributed by atoms with van der Waals surface area (Å²) < 4.78 is 25.7. The Kier molecular flexibility index (Phi) is 5.65.